The second kappa shape index (κ2) is 8.95. The molecule has 23 heavy (non-hydrogen) atoms. The van der Waals surface area contributed by atoms with Crippen molar-refractivity contribution < 1.29 is 9.53 Å². The number of piperidine rings is 1. The average molecular weight is 317 g/mol. The fourth-order valence-electron chi connectivity index (χ4n) is 3.20. The summed E-state index contributed by atoms with van der Waals surface area (Å²) >= 11 is 0. The Kier molecular flexibility index (Phi) is 6.94. The number of ether oxygens (including phenoxy) is 1. The monoisotopic (exact) mass is 317 g/mol. The van der Waals surface area contributed by atoms with E-state index in [1.165, 1.54) is 12.0 Å². The minimum absolute atomic E-state index is 0.354. The Labute approximate surface area is 141 Å². The van der Waals surface area contributed by atoms with Crippen molar-refractivity contribution >= 4 is 5.91 Å². The number of nitrogens with zero attached hydrogens (tertiary/aromatic N) is 1. The van der Waals surface area contributed by atoms with Gasteiger partial charge in [0.1, 0.15) is 5.75 Å². The van der Waals surface area contributed by atoms with Gasteiger partial charge in [0.25, 0.3) is 0 Å². The molecule has 0 aromatic heterocycles. The zero-order valence-electron chi connectivity index (χ0n) is 14.9. The summed E-state index contributed by atoms with van der Waals surface area (Å²) in [6, 6.07) is 8.38. The van der Waals surface area contributed by atoms with Gasteiger partial charge in [-0.1, -0.05) is 26.0 Å². The van der Waals surface area contributed by atoms with E-state index < -0.39 is 0 Å². The van der Waals surface area contributed by atoms with E-state index in [-0.39, 0.29) is 0 Å². The molecule has 3 nitrogen and oxygen atoms in total. The third kappa shape index (κ3) is 5.89. The number of amides is 1. The molecule has 3 heteroatoms. The molecule has 1 amide bonds. The Morgan fingerprint density at radius 2 is 1.87 bits per heavy atom. The molecule has 128 valence electrons. The van der Waals surface area contributed by atoms with Gasteiger partial charge in [-0.15, -0.1) is 0 Å². The Bertz CT molecular complexity index is 473. The molecular formula is C20H31NO2. The second-order valence-electron chi connectivity index (χ2n) is 7.14. The number of likely N-dealkylation sites (tertiary alicyclic amines) is 1. The van der Waals surface area contributed by atoms with Crippen LogP contribution < -0.4 is 4.74 Å². The normalized spacial score (nSPS) is 15.9. The highest BCUT2D eigenvalue weighted by atomic mass is 16.5. The van der Waals surface area contributed by atoms with Crippen molar-refractivity contribution in [3.63, 3.8) is 0 Å². The summed E-state index contributed by atoms with van der Waals surface area (Å²) in [6.07, 6.45) is 6.38. The molecule has 0 spiro atoms. The number of hydrogen-bond acceptors (Lipinski definition) is 2. The van der Waals surface area contributed by atoms with E-state index in [9.17, 15) is 4.79 Å². The second-order valence-corrected chi connectivity index (χ2v) is 7.14. The maximum atomic E-state index is 12.2. The maximum Gasteiger partial charge on any atom is 0.222 e. The van der Waals surface area contributed by atoms with E-state index in [1.54, 1.807) is 7.11 Å². The summed E-state index contributed by atoms with van der Waals surface area (Å²) < 4.78 is 5.19. The summed E-state index contributed by atoms with van der Waals surface area (Å²) in [6.45, 7) is 6.26. The standard InChI is InChI=1S/C20H31NO2/c1-16(2)4-11-20(22)21-14-12-18(13-15-21)6-5-17-7-9-19(23-3)10-8-17/h7-10,16,18H,4-6,11-15H2,1-3H3. The molecule has 1 aromatic rings. The molecule has 0 aliphatic carbocycles. The SMILES string of the molecule is COc1ccc(CCC2CCN(C(=O)CCC(C)C)CC2)cc1. The van der Waals surface area contributed by atoms with Gasteiger partial charge in [-0.2, -0.15) is 0 Å². The Morgan fingerprint density at radius 1 is 1.22 bits per heavy atom. The average Bonchev–Trinajstić information content (AvgIpc) is 2.58. The summed E-state index contributed by atoms with van der Waals surface area (Å²) in [5.41, 5.74) is 1.38. The quantitative estimate of drug-likeness (QED) is 0.750. The van der Waals surface area contributed by atoms with Gasteiger partial charge in [0.15, 0.2) is 0 Å². The Balaban J connectivity index is 1.68. The lowest BCUT2D eigenvalue weighted by atomic mass is 9.90. The maximum absolute atomic E-state index is 12.2. The molecule has 1 aliphatic rings. The molecule has 1 aliphatic heterocycles. The van der Waals surface area contributed by atoms with Crippen molar-refractivity contribution in [2.45, 2.75) is 52.4 Å². The van der Waals surface area contributed by atoms with E-state index >= 15 is 0 Å². The minimum atomic E-state index is 0.354. The van der Waals surface area contributed by atoms with Crippen LogP contribution in [0, 0.1) is 11.8 Å². The van der Waals surface area contributed by atoms with E-state index in [0.717, 1.165) is 50.4 Å². The molecular weight excluding hydrogens is 286 g/mol. The van der Waals surface area contributed by atoms with E-state index in [0.29, 0.717) is 18.2 Å². The molecule has 0 atom stereocenters. The molecule has 0 radical (unpaired) electrons. The van der Waals surface area contributed by atoms with Crippen molar-refractivity contribution in [1.29, 1.82) is 0 Å². The third-order valence-electron chi connectivity index (χ3n) is 4.90. The molecule has 1 heterocycles. The van der Waals surface area contributed by atoms with Gasteiger partial charge in [-0.05, 0) is 61.6 Å². The highest BCUT2D eigenvalue weighted by Crippen LogP contribution is 2.24. The lowest BCUT2D eigenvalue weighted by Crippen LogP contribution is -2.38. The first-order chi connectivity index (χ1) is 11.1. The molecule has 1 aromatic carbocycles. The lowest BCUT2D eigenvalue weighted by Gasteiger charge is -2.32. The van der Waals surface area contributed by atoms with Gasteiger partial charge in [-0.25, -0.2) is 0 Å². The number of methoxy groups -OCH3 is 1. The zero-order valence-corrected chi connectivity index (χ0v) is 14.9. The minimum Gasteiger partial charge on any atom is -0.497 e. The smallest absolute Gasteiger partial charge is 0.222 e. The molecule has 1 fully saturated rings. The number of benzene rings is 1. The predicted octanol–water partition coefficient (Wildman–Crippen LogP) is 4.30. The van der Waals surface area contributed by atoms with Crippen molar-refractivity contribution in [2.24, 2.45) is 11.8 Å². The van der Waals surface area contributed by atoms with Gasteiger partial charge in [0, 0.05) is 19.5 Å². The highest BCUT2D eigenvalue weighted by molar-refractivity contribution is 5.76. The van der Waals surface area contributed by atoms with Crippen LogP contribution in [-0.2, 0) is 11.2 Å². The van der Waals surface area contributed by atoms with Crippen LogP contribution in [0.2, 0.25) is 0 Å². The number of hydrogen-bond donors (Lipinski definition) is 0. The summed E-state index contributed by atoms with van der Waals surface area (Å²) in [5, 5.41) is 0. The number of rotatable bonds is 7. The topological polar surface area (TPSA) is 29.5 Å². The Hall–Kier alpha value is -1.51. The first-order valence-electron chi connectivity index (χ1n) is 8.99. The molecule has 0 bridgehead atoms. The largest absolute Gasteiger partial charge is 0.497 e. The fourth-order valence-corrected chi connectivity index (χ4v) is 3.20. The predicted molar refractivity (Wildman–Crippen MR) is 94.7 cm³/mol. The van der Waals surface area contributed by atoms with Crippen molar-refractivity contribution in [3.05, 3.63) is 29.8 Å². The summed E-state index contributed by atoms with van der Waals surface area (Å²) in [5.74, 6) is 2.64. The van der Waals surface area contributed by atoms with Gasteiger partial charge < -0.3 is 9.64 Å². The van der Waals surface area contributed by atoms with Crippen LogP contribution in [0.4, 0.5) is 0 Å². The van der Waals surface area contributed by atoms with Gasteiger partial charge in [0.05, 0.1) is 7.11 Å². The number of carbonyl (C=O) groups is 1. The molecule has 0 unspecified atom stereocenters. The van der Waals surface area contributed by atoms with Crippen molar-refractivity contribution in [3.8, 4) is 5.75 Å². The van der Waals surface area contributed by atoms with Crippen LogP contribution in [0.15, 0.2) is 24.3 Å². The molecule has 2 rings (SSSR count). The van der Waals surface area contributed by atoms with Gasteiger partial charge >= 0.3 is 0 Å². The summed E-state index contributed by atoms with van der Waals surface area (Å²) in [7, 11) is 1.70. The molecule has 0 N–H and O–H groups in total. The van der Waals surface area contributed by atoms with E-state index in [1.807, 2.05) is 12.1 Å². The Morgan fingerprint density at radius 3 is 2.43 bits per heavy atom. The van der Waals surface area contributed by atoms with E-state index in [4.69, 9.17) is 4.74 Å². The van der Waals surface area contributed by atoms with Crippen LogP contribution in [0.5, 0.6) is 5.75 Å². The van der Waals surface area contributed by atoms with Gasteiger partial charge in [-0.3, -0.25) is 4.79 Å². The van der Waals surface area contributed by atoms with Crippen LogP contribution >= 0.6 is 0 Å². The number of carbonyl (C=O) groups excluding carboxylic acids is 1. The first-order valence-corrected chi connectivity index (χ1v) is 8.99. The van der Waals surface area contributed by atoms with Crippen LogP contribution in [0.3, 0.4) is 0 Å². The zero-order chi connectivity index (χ0) is 16.7. The van der Waals surface area contributed by atoms with Crippen LogP contribution in [0.1, 0.15) is 51.5 Å². The van der Waals surface area contributed by atoms with Crippen LogP contribution in [-0.4, -0.2) is 31.0 Å². The number of aryl methyl sites for hydroxylation is 1. The first kappa shape index (κ1) is 17.8. The third-order valence-corrected chi connectivity index (χ3v) is 4.90. The van der Waals surface area contributed by atoms with Gasteiger partial charge in [0.2, 0.25) is 5.91 Å². The lowest BCUT2D eigenvalue weighted by molar-refractivity contribution is -0.132. The fraction of sp³-hybridized carbons (Fsp3) is 0.650. The molecule has 0 saturated carbocycles. The van der Waals surface area contributed by atoms with E-state index in [2.05, 4.69) is 30.9 Å². The van der Waals surface area contributed by atoms with Crippen molar-refractivity contribution in [2.75, 3.05) is 20.2 Å². The van der Waals surface area contributed by atoms with Crippen molar-refractivity contribution in [1.82, 2.24) is 4.90 Å². The summed E-state index contributed by atoms with van der Waals surface area (Å²) in [4.78, 5) is 14.2. The highest BCUT2D eigenvalue weighted by Gasteiger charge is 2.22. The molecule has 1 saturated heterocycles. The van der Waals surface area contributed by atoms with Crippen LogP contribution in [0.25, 0.3) is 0 Å².